The summed E-state index contributed by atoms with van der Waals surface area (Å²) in [6.45, 7) is 0. The van der Waals surface area contributed by atoms with Crippen LogP contribution in [0.25, 0.3) is 44.0 Å². The van der Waals surface area contributed by atoms with Crippen LogP contribution in [0, 0.1) is 0 Å². The fraction of sp³-hybridized carbons (Fsp3) is 0. The predicted octanol–water partition coefficient (Wildman–Crippen LogP) is 5.20. The first-order valence-corrected chi connectivity index (χ1v) is 7.52. The lowest BCUT2D eigenvalue weighted by molar-refractivity contribution is 0.628. The zero-order chi connectivity index (χ0) is 15.2. The molecule has 5 aromatic rings. The first kappa shape index (κ1) is 12.4. The predicted molar refractivity (Wildman–Crippen MR) is 92.3 cm³/mol. The average molecular weight is 296 g/mol. The van der Waals surface area contributed by atoms with E-state index >= 15 is 0 Å². The van der Waals surface area contributed by atoms with Gasteiger partial charge in [0.2, 0.25) is 0 Å². The molecular formula is C20H12N2O. The van der Waals surface area contributed by atoms with Crippen LogP contribution in [0.1, 0.15) is 0 Å². The van der Waals surface area contributed by atoms with Gasteiger partial charge >= 0.3 is 0 Å². The van der Waals surface area contributed by atoms with Crippen LogP contribution in [-0.2, 0) is 0 Å². The molecule has 0 aliphatic heterocycles. The minimum absolute atomic E-state index is 0.750. The fourth-order valence-electron chi connectivity index (χ4n) is 3.05. The number of hydrogen-bond donors (Lipinski definition) is 0. The molecule has 0 saturated heterocycles. The molecular weight excluding hydrogens is 284 g/mol. The van der Waals surface area contributed by atoms with Crippen LogP contribution in [0.5, 0.6) is 0 Å². The van der Waals surface area contributed by atoms with E-state index in [1.165, 1.54) is 10.8 Å². The molecule has 0 aliphatic rings. The summed E-state index contributed by atoms with van der Waals surface area (Å²) in [5, 5.41) is 14.1. The largest absolute Gasteiger partial charge is 0.454 e. The molecule has 0 bridgehead atoms. The van der Waals surface area contributed by atoms with Crippen molar-refractivity contribution in [3.05, 3.63) is 72.9 Å². The third-order valence-electron chi connectivity index (χ3n) is 4.19. The smallest absolute Gasteiger partial charge is 0.156 e. The second-order valence-electron chi connectivity index (χ2n) is 5.63. The van der Waals surface area contributed by atoms with Gasteiger partial charge in [0, 0.05) is 16.2 Å². The van der Waals surface area contributed by atoms with Crippen molar-refractivity contribution in [1.82, 2.24) is 10.2 Å². The van der Waals surface area contributed by atoms with Crippen LogP contribution in [0.4, 0.5) is 0 Å². The molecule has 0 N–H and O–H groups in total. The summed E-state index contributed by atoms with van der Waals surface area (Å²) in [7, 11) is 0. The third kappa shape index (κ3) is 1.90. The summed E-state index contributed by atoms with van der Waals surface area (Å²) < 4.78 is 5.97. The number of rotatable bonds is 1. The molecule has 0 saturated carbocycles. The van der Waals surface area contributed by atoms with E-state index in [0.29, 0.717) is 0 Å². The molecule has 0 atom stereocenters. The van der Waals surface area contributed by atoms with Crippen molar-refractivity contribution in [2.24, 2.45) is 0 Å². The Bertz CT molecular complexity index is 1140. The normalized spacial score (nSPS) is 11.5. The maximum Gasteiger partial charge on any atom is 0.156 e. The molecule has 5 rings (SSSR count). The van der Waals surface area contributed by atoms with Crippen LogP contribution in [0.15, 0.2) is 77.3 Å². The first-order chi connectivity index (χ1) is 11.4. The summed E-state index contributed by atoms with van der Waals surface area (Å²) in [5.74, 6) is 0.750. The third-order valence-corrected chi connectivity index (χ3v) is 4.19. The van der Waals surface area contributed by atoms with Crippen molar-refractivity contribution in [3.63, 3.8) is 0 Å². The van der Waals surface area contributed by atoms with Crippen LogP contribution < -0.4 is 0 Å². The number of fused-ring (bicyclic) bond motifs is 3. The molecule has 2 aromatic heterocycles. The second-order valence-corrected chi connectivity index (χ2v) is 5.63. The highest BCUT2D eigenvalue weighted by atomic mass is 16.3. The van der Waals surface area contributed by atoms with Gasteiger partial charge in [-0.3, -0.25) is 0 Å². The van der Waals surface area contributed by atoms with Gasteiger partial charge in [-0.1, -0.05) is 42.5 Å². The lowest BCUT2D eigenvalue weighted by atomic mass is 10.0. The Morgan fingerprint density at radius 3 is 2.26 bits per heavy atom. The van der Waals surface area contributed by atoms with E-state index in [1.54, 1.807) is 6.20 Å². The van der Waals surface area contributed by atoms with Gasteiger partial charge in [0.15, 0.2) is 5.76 Å². The molecule has 0 amide bonds. The first-order valence-electron chi connectivity index (χ1n) is 7.52. The van der Waals surface area contributed by atoms with Crippen molar-refractivity contribution in [3.8, 4) is 11.5 Å². The molecule has 108 valence electrons. The molecule has 0 radical (unpaired) electrons. The highest BCUT2D eigenvalue weighted by molar-refractivity contribution is 6.03. The molecule has 23 heavy (non-hydrogen) atoms. The molecule has 0 fully saturated rings. The van der Waals surface area contributed by atoms with Crippen molar-refractivity contribution >= 4 is 32.5 Å². The number of hydrogen-bond acceptors (Lipinski definition) is 3. The summed E-state index contributed by atoms with van der Waals surface area (Å²) >= 11 is 0. The van der Waals surface area contributed by atoms with Crippen molar-refractivity contribution in [2.75, 3.05) is 0 Å². The Morgan fingerprint density at radius 2 is 1.43 bits per heavy atom. The SMILES string of the molecule is c1ccc2cc3c(-c4cc5ccccc5o4)nncc3cc2c1. The van der Waals surface area contributed by atoms with Crippen molar-refractivity contribution < 1.29 is 4.42 Å². The van der Waals surface area contributed by atoms with Crippen LogP contribution in [-0.4, -0.2) is 10.2 Å². The zero-order valence-electron chi connectivity index (χ0n) is 12.2. The van der Waals surface area contributed by atoms with E-state index in [1.807, 2.05) is 42.5 Å². The van der Waals surface area contributed by atoms with Gasteiger partial charge in [-0.15, -0.1) is 5.10 Å². The molecule has 0 aliphatic carbocycles. The second kappa shape index (κ2) is 4.65. The molecule has 0 unspecified atom stereocenters. The minimum atomic E-state index is 0.750. The Labute approximate surface area is 132 Å². The van der Waals surface area contributed by atoms with E-state index < -0.39 is 0 Å². The number of para-hydroxylation sites is 1. The Morgan fingerprint density at radius 1 is 0.696 bits per heavy atom. The van der Waals surface area contributed by atoms with Gasteiger partial charge in [0.1, 0.15) is 11.3 Å². The Hall–Kier alpha value is -3.20. The Kier molecular flexibility index (Phi) is 2.50. The summed E-state index contributed by atoms with van der Waals surface area (Å²) in [5.41, 5.74) is 1.64. The van der Waals surface area contributed by atoms with Gasteiger partial charge in [0.25, 0.3) is 0 Å². The number of aromatic nitrogens is 2. The van der Waals surface area contributed by atoms with Crippen LogP contribution in [0.2, 0.25) is 0 Å². The van der Waals surface area contributed by atoms with E-state index in [0.717, 1.165) is 33.2 Å². The maximum atomic E-state index is 5.97. The summed E-state index contributed by atoms with van der Waals surface area (Å²) in [4.78, 5) is 0. The van der Waals surface area contributed by atoms with Gasteiger partial charge in [-0.05, 0) is 35.0 Å². The lowest BCUT2D eigenvalue weighted by Gasteiger charge is -2.04. The van der Waals surface area contributed by atoms with E-state index in [-0.39, 0.29) is 0 Å². The number of nitrogens with zero attached hydrogens (tertiary/aromatic N) is 2. The van der Waals surface area contributed by atoms with Gasteiger partial charge in [-0.2, -0.15) is 5.10 Å². The lowest BCUT2D eigenvalue weighted by Crippen LogP contribution is -1.88. The molecule has 0 spiro atoms. The fourth-order valence-corrected chi connectivity index (χ4v) is 3.05. The summed E-state index contributed by atoms with van der Waals surface area (Å²) in [6.07, 6.45) is 1.80. The van der Waals surface area contributed by atoms with Crippen molar-refractivity contribution in [2.45, 2.75) is 0 Å². The minimum Gasteiger partial charge on any atom is -0.454 e. The van der Waals surface area contributed by atoms with E-state index in [9.17, 15) is 0 Å². The maximum absolute atomic E-state index is 5.97. The van der Waals surface area contributed by atoms with Gasteiger partial charge in [0.05, 0.1) is 6.20 Å². The summed E-state index contributed by atoms with van der Waals surface area (Å²) in [6, 6.07) is 22.6. The van der Waals surface area contributed by atoms with Gasteiger partial charge in [-0.25, -0.2) is 0 Å². The van der Waals surface area contributed by atoms with Gasteiger partial charge < -0.3 is 4.42 Å². The number of furan rings is 1. The van der Waals surface area contributed by atoms with E-state index in [4.69, 9.17) is 4.42 Å². The molecule has 3 aromatic carbocycles. The molecule has 2 heterocycles. The Balaban J connectivity index is 1.84. The highest BCUT2D eigenvalue weighted by Crippen LogP contribution is 2.32. The average Bonchev–Trinajstić information content (AvgIpc) is 3.03. The van der Waals surface area contributed by atoms with E-state index in [2.05, 4.69) is 34.5 Å². The van der Waals surface area contributed by atoms with Crippen LogP contribution >= 0.6 is 0 Å². The standard InChI is InChI=1S/C20H12N2O/c1-2-6-14-10-17-16(9-13(14)5-1)12-21-22-20(17)19-11-15-7-3-4-8-18(15)23-19/h1-12H. The highest BCUT2D eigenvalue weighted by Gasteiger charge is 2.12. The monoisotopic (exact) mass is 296 g/mol. The van der Waals surface area contributed by atoms with Crippen LogP contribution in [0.3, 0.4) is 0 Å². The number of benzene rings is 3. The quantitative estimate of drug-likeness (QED) is 0.399. The topological polar surface area (TPSA) is 38.9 Å². The molecule has 3 heteroatoms. The zero-order valence-corrected chi connectivity index (χ0v) is 12.2. The molecule has 3 nitrogen and oxygen atoms in total. The van der Waals surface area contributed by atoms with Crippen molar-refractivity contribution in [1.29, 1.82) is 0 Å².